The fourth-order valence-electron chi connectivity index (χ4n) is 8.62. The van der Waals surface area contributed by atoms with Gasteiger partial charge in [-0.05, 0) is 59.4 Å². The fourth-order valence-corrected chi connectivity index (χ4v) is 8.62. The zero-order chi connectivity index (χ0) is 45.4. The minimum atomic E-state index is 0.0990. The molecule has 0 saturated heterocycles. The molecule has 0 spiro atoms. The average molecular weight is 809 g/mol. The minimum absolute atomic E-state index is 0.0990. The molecule has 0 N–H and O–H groups in total. The van der Waals surface area contributed by atoms with Crippen LogP contribution in [0.5, 0.6) is 0 Å². The second-order valence-corrected chi connectivity index (χ2v) is 19.7. The Hall–Kier alpha value is -6.13. The molecule has 62 heavy (non-hydrogen) atoms. The number of aryl methyl sites for hydroxylation is 4. The Morgan fingerprint density at radius 3 is 1.82 bits per heavy atom. The van der Waals surface area contributed by atoms with Gasteiger partial charge in [0.2, 0.25) is 0 Å². The Balaban J connectivity index is 1.44. The highest BCUT2D eigenvalue weighted by atomic mass is 14.3. The summed E-state index contributed by atoms with van der Waals surface area (Å²) in [5.74, 6) is 11.7. The van der Waals surface area contributed by atoms with E-state index >= 15 is 0 Å². The normalized spacial score (nSPS) is 16.5. The van der Waals surface area contributed by atoms with E-state index in [1.807, 2.05) is 6.07 Å². The highest BCUT2D eigenvalue weighted by molar-refractivity contribution is 5.72. The van der Waals surface area contributed by atoms with Gasteiger partial charge in [0.15, 0.2) is 11.1 Å². The Labute approximate surface area is 375 Å². The second-order valence-electron chi connectivity index (χ2n) is 19.7. The Morgan fingerprint density at radius 1 is 0.677 bits per heavy atom. The van der Waals surface area contributed by atoms with Gasteiger partial charge in [-0.2, -0.15) is 5.73 Å². The van der Waals surface area contributed by atoms with Gasteiger partial charge in [-0.3, -0.25) is 0 Å². The zero-order valence-electron chi connectivity index (χ0n) is 40.5. The van der Waals surface area contributed by atoms with E-state index in [0.29, 0.717) is 0 Å². The highest BCUT2D eigenvalue weighted by Gasteiger charge is 2.31. The van der Waals surface area contributed by atoms with Crippen LogP contribution < -0.4 is 10.4 Å². The van der Waals surface area contributed by atoms with Crippen molar-refractivity contribution in [2.75, 3.05) is 0 Å². The van der Waals surface area contributed by atoms with Crippen LogP contribution in [0.1, 0.15) is 129 Å². The fraction of sp³-hybridized carbons (Fsp3) is 0.306. The molecule has 312 valence electrons. The van der Waals surface area contributed by atoms with Crippen molar-refractivity contribution in [2.45, 2.75) is 123 Å². The molecule has 3 aromatic rings. The SMILES string of the molecule is CC1=C[C+](C#CC2=C(C)C(=C=C=c3cc(C)c(=[C-]c4c(C)cc(C(C)(C)C)cc4C)c(C)c3)[C-](C)C(=[C+]c3ccccc3)[C-]2C)C=C(C)C1=C=C1C(C)=CC(C(C)(C)C)=C[C+]1C. The summed E-state index contributed by atoms with van der Waals surface area (Å²) in [5, 5.41) is 2.12. The molecule has 3 aliphatic carbocycles. The Morgan fingerprint density at radius 2 is 1.27 bits per heavy atom. The van der Waals surface area contributed by atoms with E-state index in [1.54, 1.807) is 0 Å². The lowest BCUT2D eigenvalue weighted by atomic mass is 9.71. The van der Waals surface area contributed by atoms with Gasteiger partial charge in [0.05, 0.1) is 22.6 Å². The zero-order valence-corrected chi connectivity index (χ0v) is 40.5. The number of benzene rings is 3. The van der Waals surface area contributed by atoms with Gasteiger partial charge >= 0.3 is 0 Å². The maximum absolute atomic E-state index is 3.80. The van der Waals surface area contributed by atoms with Crippen molar-refractivity contribution in [3.05, 3.63) is 225 Å². The van der Waals surface area contributed by atoms with Crippen LogP contribution in [0.2, 0.25) is 0 Å². The van der Waals surface area contributed by atoms with Gasteiger partial charge in [0.25, 0.3) is 0 Å². The molecular formula is C62H64. The van der Waals surface area contributed by atoms with Crippen molar-refractivity contribution in [3.63, 3.8) is 0 Å². The molecule has 0 fully saturated rings. The monoisotopic (exact) mass is 809 g/mol. The number of allylic oxidation sites excluding steroid dienone is 13. The van der Waals surface area contributed by atoms with Gasteiger partial charge in [-0.1, -0.05) is 152 Å². The molecule has 3 aromatic carbocycles. The summed E-state index contributed by atoms with van der Waals surface area (Å²) in [6.45, 7) is 37.6. The van der Waals surface area contributed by atoms with Crippen LogP contribution in [-0.4, -0.2) is 0 Å². The van der Waals surface area contributed by atoms with Crippen LogP contribution in [0.15, 0.2) is 146 Å². The molecule has 0 nitrogen and oxygen atoms in total. The molecule has 0 saturated carbocycles. The number of hydrogen-bond donors (Lipinski definition) is 0. The molecule has 0 amide bonds. The van der Waals surface area contributed by atoms with Gasteiger partial charge in [-0.25, -0.2) is 6.08 Å². The maximum Gasteiger partial charge on any atom is 0.155 e. The first kappa shape index (κ1) is 45.4. The van der Waals surface area contributed by atoms with Gasteiger partial charge in [0, 0.05) is 63.7 Å². The van der Waals surface area contributed by atoms with Crippen molar-refractivity contribution in [1.82, 2.24) is 0 Å². The summed E-state index contributed by atoms with van der Waals surface area (Å²) >= 11 is 0. The molecule has 3 aliphatic rings. The lowest BCUT2D eigenvalue weighted by Gasteiger charge is -2.37. The van der Waals surface area contributed by atoms with E-state index in [2.05, 4.69) is 232 Å². The number of hydrogen-bond acceptors (Lipinski definition) is 0. The molecule has 0 heteroatoms. The van der Waals surface area contributed by atoms with Crippen molar-refractivity contribution in [2.24, 2.45) is 5.41 Å². The molecule has 0 unspecified atom stereocenters. The third-order valence-electron chi connectivity index (χ3n) is 12.3. The van der Waals surface area contributed by atoms with E-state index in [1.165, 1.54) is 67.2 Å². The minimum Gasteiger partial charge on any atom is -0.202 e. The van der Waals surface area contributed by atoms with Crippen molar-refractivity contribution in [3.8, 4) is 11.8 Å². The molecule has 0 bridgehead atoms. The van der Waals surface area contributed by atoms with E-state index < -0.39 is 0 Å². The molecular weight excluding hydrogens is 745 g/mol. The summed E-state index contributed by atoms with van der Waals surface area (Å²) < 4.78 is 0. The summed E-state index contributed by atoms with van der Waals surface area (Å²) in [4.78, 5) is 0. The molecule has 6 rings (SSSR count). The lowest BCUT2D eigenvalue weighted by Crippen LogP contribution is -2.18. The summed E-state index contributed by atoms with van der Waals surface area (Å²) in [6, 6.07) is 19.4. The van der Waals surface area contributed by atoms with E-state index in [9.17, 15) is 0 Å². The van der Waals surface area contributed by atoms with E-state index in [-0.39, 0.29) is 10.8 Å². The first-order valence-electron chi connectivity index (χ1n) is 22.0. The van der Waals surface area contributed by atoms with Gasteiger partial charge in [-0.15, -0.1) is 50.8 Å². The van der Waals surface area contributed by atoms with Crippen LogP contribution in [0.25, 0.3) is 11.8 Å². The summed E-state index contributed by atoms with van der Waals surface area (Å²) in [5.41, 5.74) is 31.0. The van der Waals surface area contributed by atoms with Crippen LogP contribution >= 0.6 is 0 Å². The summed E-state index contributed by atoms with van der Waals surface area (Å²) in [7, 11) is 0. The largest absolute Gasteiger partial charge is 0.202 e. The van der Waals surface area contributed by atoms with Crippen molar-refractivity contribution < 1.29 is 0 Å². The van der Waals surface area contributed by atoms with Crippen molar-refractivity contribution >= 4 is 11.8 Å². The number of rotatable bonds is 2. The van der Waals surface area contributed by atoms with Crippen LogP contribution in [0.4, 0.5) is 0 Å². The molecule has 0 heterocycles. The molecule has 0 atom stereocenters. The third kappa shape index (κ3) is 9.81. The van der Waals surface area contributed by atoms with Crippen LogP contribution in [0, 0.1) is 74.7 Å². The topological polar surface area (TPSA) is 0 Å². The summed E-state index contributed by atoms with van der Waals surface area (Å²) in [6.07, 6.45) is 16.6. The quantitative estimate of drug-likeness (QED) is 0.137. The molecule has 0 aromatic heterocycles. The molecule has 0 aliphatic heterocycles. The predicted octanol–water partition coefficient (Wildman–Crippen LogP) is 14.1. The van der Waals surface area contributed by atoms with Crippen molar-refractivity contribution in [1.29, 1.82) is 0 Å². The van der Waals surface area contributed by atoms with Gasteiger partial charge < -0.3 is 0 Å². The highest BCUT2D eigenvalue weighted by Crippen LogP contribution is 2.44. The third-order valence-corrected chi connectivity index (χ3v) is 12.3. The predicted molar refractivity (Wildman–Crippen MR) is 265 cm³/mol. The van der Waals surface area contributed by atoms with Gasteiger partial charge in [0.1, 0.15) is 5.92 Å². The van der Waals surface area contributed by atoms with E-state index in [0.717, 1.165) is 61.6 Å². The first-order chi connectivity index (χ1) is 29.0. The maximum atomic E-state index is 3.80. The molecule has 0 radical (unpaired) electrons. The van der Waals surface area contributed by atoms with E-state index in [4.69, 9.17) is 0 Å². The average Bonchev–Trinajstić information content (AvgIpc) is 3.17. The van der Waals surface area contributed by atoms with Crippen LogP contribution in [-0.2, 0) is 5.41 Å². The Kier molecular flexibility index (Phi) is 13.0. The second kappa shape index (κ2) is 17.7. The Bertz CT molecular complexity index is 2780. The standard InChI is InChI=1S/C62H64/c1-38-27-50(28-39(2)56(38)36-58-42(5)31-52(32-43(58)6)61(12,13)14)23-25-54-46(9)55(48(11)60(47(54)10)35-49-21-19-18-20-22-49)26-24-51-29-40(3)57(41(4)30-51)37-59-44(7)33-53(34-45(59)8)62(15,16)17/h18-22,27-34H,1-17H3. The lowest BCUT2D eigenvalue weighted by molar-refractivity contribution is 0.514. The first-order valence-corrected chi connectivity index (χ1v) is 22.0. The smallest absolute Gasteiger partial charge is 0.155 e. The van der Waals surface area contributed by atoms with Crippen LogP contribution in [0.3, 0.4) is 0 Å².